The summed E-state index contributed by atoms with van der Waals surface area (Å²) in [7, 11) is 0. The van der Waals surface area contributed by atoms with E-state index in [0.717, 1.165) is 12.1 Å². The molecule has 0 aliphatic rings. The lowest BCUT2D eigenvalue weighted by molar-refractivity contribution is 0.129. The molecule has 6 heteroatoms. The molecule has 1 N–H and O–H groups in total. The Labute approximate surface area is 109 Å². The first-order chi connectivity index (χ1) is 9.02. The zero-order chi connectivity index (χ0) is 14.0. The van der Waals surface area contributed by atoms with Crippen molar-refractivity contribution in [1.29, 1.82) is 0 Å². The summed E-state index contributed by atoms with van der Waals surface area (Å²) in [6.45, 7) is 3.60. The molecule has 0 amide bonds. The van der Waals surface area contributed by atoms with Gasteiger partial charge in [-0.15, -0.1) is 0 Å². The average molecular weight is 268 g/mol. The minimum atomic E-state index is -0.967. The van der Waals surface area contributed by atoms with Gasteiger partial charge in [-0.2, -0.15) is 4.98 Å². The third-order valence-corrected chi connectivity index (χ3v) is 3.00. The van der Waals surface area contributed by atoms with E-state index in [2.05, 4.69) is 10.1 Å². The van der Waals surface area contributed by atoms with Gasteiger partial charge >= 0.3 is 0 Å². The van der Waals surface area contributed by atoms with Crippen LogP contribution < -0.4 is 0 Å². The van der Waals surface area contributed by atoms with E-state index in [-0.39, 0.29) is 17.6 Å². The van der Waals surface area contributed by atoms with Gasteiger partial charge in [0, 0.05) is 5.56 Å². The lowest BCUT2D eigenvalue weighted by Crippen LogP contribution is -2.14. The molecule has 0 radical (unpaired) electrons. The van der Waals surface area contributed by atoms with Crippen molar-refractivity contribution < 1.29 is 18.4 Å². The second-order valence-corrected chi connectivity index (χ2v) is 4.35. The Morgan fingerprint density at radius 3 is 2.68 bits per heavy atom. The average Bonchev–Trinajstić information content (AvgIpc) is 2.89. The highest BCUT2D eigenvalue weighted by atomic mass is 19.2. The van der Waals surface area contributed by atoms with Crippen LogP contribution in [0.4, 0.5) is 8.78 Å². The van der Waals surface area contributed by atoms with E-state index in [4.69, 9.17) is 4.52 Å². The maximum Gasteiger partial charge on any atom is 0.232 e. The third kappa shape index (κ3) is 2.78. The molecule has 102 valence electrons. The quantitative estimate of drug-likeness (QED) is 0.926. The van der Waals surface area contributed by atoms with Crippen LogP contribution in [0.3, 0.4) is 0 Å². The summed E-state index contributed by atoms with van der Waals surface area (Å²) in [5, 5.41) is 13.4. The molecule has 0 fully saturated rings. The van der Waals surface area contributed by atoms with Crippen LogP contribution in [0.25, 0.3) is 11.4 Å². The lowest BCUT2D eigenvalue weighted by atomic mass is 10.0. The molecule has 0 aliphatic carbocycles. The summed E-state index contributed by atoms with van der Waals surface area (Å²) >= 11 is 0. The van der Waals surface area contributed by atoms with E-state index in [9.17, 15) is 13.9 Å². The van der Waals surface area contributed by atoms with Crippen LogP contribution in [0.2, 0.25) is 0 Å². The van der Waals surface area contributed by atoms with Gasteiger partial charge in [0.1, 0.15) is 0 Å². The van der Waals surface area contributed by atoms with Gasteiger partial charge in [-0.1, -0.05) is 19.0 Å². The number of aromatic nitrogens is 2. The molecule has 0 spiro atoms. The number of nitrogens with zero attached hydrogens (tertiary/aromatic N) is 2. The van der Waals surface area contributed by atoms with Gasteiger partial charge in [-0.25, -0.2) is 8.78 Å². The summed E-state index contributed by atoms with van der Waals surface area (Å²) in [5.74, 6) is -1.76. The SMILES string of the molecule is CCC(O)C(C)c1nc(-c2ccc(F)c(F)c2)no1. The Kier molecular flexibility index (Phi) is 3.90. The molecule has 2 unspecified atom stereocenters. The molecule has 0 saturated heterocycles. The summed E-state index contributed by atoms with van der Waals surface area (Å²) in [5.41, 5.74) is 0.326. The molecule has 0 saturated carbocycles. The molecule has 0 bridgehead atoms. The van der Waals surface area contributed by atoms with Crippen LogP contribution >= 0.6 is 0 Å². The van der Waals surface area contributed by atoms with Crippen LogP contribution in [0.5, 0.6) is 0 Å². The van der Waals surface area contributed by atoms with Crippen molar-refractivity contribution in [2.45, 2.75) is 32.3 Å². The Morgan fingerprint density at radius 2 is 2.05 bits per heavy atom. The number of aliphatic hydroxyl groups excluding tert-OH is 1. The molecule has 1 aromatic heterocycles. The van der Waals surface area contributed by atoms with Gasteiger partial charge in [0.05, 0.1) is 12.0 Å². The topological polar surface area (TPSA) is 59.2 Å². The third-order valence-electron chi connectivity index (χ3n) is 3.00. The van der Waals surface area contributed by atoms with E-state index in [1.807, 2.05) is 6.92 Å². The molecular weight excluding hydrogens is 254 g/mol. The van der Waals surface area contributed by atoms with Crippen molar-refractivity contribution in [2.75, 3.05) is 0 Å². The van der Waals surface area contributed by atoms with Gasteiger partial charge in [0.25, 0.3) is 0 Å². The first-order valence-electron chi connectivity index (χ1n) is 6.00. The van der Waals surface area contributed by atoms with Crippen molar-refractivity contribution in [3.63, 3.8) is 0 Å². The van der Waals surface area contributed by atoms with E-state index in [1.165, 1.54) is 6.07 Å². The number of rotatable bonds is 4. The van der Waals surface area contributed by atoms with Crippen LogP contribution in [0, 0.1) is 11.6 Å². The van der Waals surface area contributed by atoms with Crippen LogP contribution in [0.1, 0.15) is 32.1 Å². The van der Waals surface area contributed by atoms with Gasteiger partial charge < -0.3 is 9.63 Å². The van der Waals surface area contributed by atoms with Crippen LogP contribution in [-0.2, 0) is 0 Å². The number of aliphatic hydroxyl groups is 1. The number of hydrogen-bond donors (Lipinski definition) is 1. The van der Waals surface area contributed by atoms with Crippen molar-refractivity contribution in [1.82, 2.24) is 10.1 Å². The van der Waals surface area contributed by atoms with E-state index in [0.29, 0.717) is 12.0 Å². The lowest BCUT2D eigenvalue weighted by Gasteiger charge is -2.11. The number of benzene rings is 1. The molecule has 4 nitrogen and oxygen atoms in total. The number of halogens is 2. The second kappa shape index (κ2) is 5.44. The smallest absolute Gasteiger partial charge is 0.232 e. The highest BCUT2D eigenvalue weighted by Crippen LogP contribution is 2.24. The summed E-state index contributed by atoms with van der Waals surface area (Å²) in [4.78, 5) is 4.09. The van der Waals surface area contributed by atoms with Gasteiger partial charge in [0.2, 0.25) is 11.7 Å². The zero-order valence-electron chi connectivity index (χ0n) is 10.6. The molecule has 0 aliphatic heterocycles. The summed E-state index contributed by atoms with van der Waals surface area (Å²) in [6.07, 6.45) is -0.0254. The Morgan fingerprint density at radius 1 is 1.32 bits per heavy atom. The fourth-order valence-corrected chi connectivity index (χ4v) is 1.69. The zero-order valence-corrected chi connectivity index (χ0v) is 10.6. The normalized spacial score (nSPS) is 14.4. The van der Waals surface area contributed by atoms with Crippen molar-refractivity contribution >= 4 is 0 Å². The molecule has 2 rings (SSSR count). The predicted octanol–water partition coefficient (Wildman–Crippen LogP) is 2.89. The fraction of sp³-hybridized carbons (Fsp3) is 0.385. The first kappa shape index (κ1) is 13.6. The minimum absolute atomic E-state index is 0.170. The Bertz CT molecular complexity index is 572. The minimum Gasteiger partial charge on any atom is -0.392 e. The summed E-state index contributed by atoms with van der Waals surface area (Å²) in [6, 6.07) is 3.38. The standard InChI is InChI=1S/C13H14F2N2O2/c1-3-11(18)7(2)13-16-12(17-19-13)8-4-5-9(14)10(15)6-8/h4-7,11,18H,3H2,1-2H3. The molecule has 1 aromatic carbocycles. The van der Waals surface area contributed by atoms with E-state index in [1.54, 1.807) is 6.92 Å². The number of hydrogen-bond acceptors (Lipinski definition) is 4. The maximum absolute atomic E-state index is 13.1. The van der Waals surface area contributed by atoms with Crippen molar-refractivity contribution in [2.24, 2.45) is 0 Å². The van der Waals surface area contributed by atoms with Crippen molar-refractivity contribution in [3.8, 4) is 11.4 Å². The van der Waals surface area contributed by atoms with Gasteiger partial charge in [-0.3, -0.25) is 0 Å². The fourth-order valence-electron chi connectivity index (χ4n) is 1.69. The van der Waals surface area contributed by atoms with E-state index >= 15 is 0 Å². The summed E-state index contributed by atoms with van der Waals surface area (Å²) < 4.78 is 31.0. The van der Waals surface area contributed by atoms with Gasteiger partial charge in [-0.05, 0) is 24.6 Å². The van der Waals surface area contributed by atoms with Crippen LogP contribution in [-0.4, -0.2) is 21.4 Å². The Balaban J connectivity index is 2.27. The first-order valence-corrected chi connectivity index (χ1v) is 6.00. The molecular formula is C13H14F2N2O2. The highest BCUT2D eigenvalue weighted by molar-refractivity contribution is 5.54. The predicted molar refractivity (Wildman–Crippen MR) is 64.4 cm³/mol. The molecule has 2 atom stereocenters. The highest BCUT2D eigenvalue weighted by Gasteiger charge is 2.21. The molecule has 1 heterocycles. The maximum atomic E-state index is 13.1. The monoisotopic (exact) mass is 268 g/mol. The molecule has 2 aromatic rings. The van der Waals surface area contributed by atoms with Gasteiger partial charge in [0.15, 0.2) is 11.6 Å². The Hall–Kier alpha value is -1.82. The van der Waals surface area contributed by atoms with E-state index < -0.39 is 17.7 Å². The molecule has 19 heavy (non-hydrogen) atoms. The second-order valence-electron chi connectivity index (χ2n) is 4.35. The van der Waals surface area contributed by atoms with Crippen LogP contribution in [0.15, 0.2) is 22.7 Å². The largest absolute Gasteiger partial charge is 0.392 e. The van der Waals surface area contributed by atoms with Crippen molar-refractivity contribution in [3.05, 3.63) is 35.7 Å².